The van der Waals surface area contributed by atoms with Crippen LogP contribution in [0.3, 0.4) is 0 Å². The summed E-state index contributed by atoms with van der Waals surface area (Å²) in [6.07, 6.45) is 5.79. The van der Waals surface area contributed by atoms with Gasteiger partial charge in [0.2, 0.25) is 0 Å². The van der Waals surface area contributed by atoms with E-state index in [1.807, 2.05) is 6.07 Å². The molecule has 0 aliphatic heterocycles. The standard InChI is InChI=1S/C16H26O/c1-5-7-8-12-16(3,4)14-11-9-10-13(6-2)15(14)17/h9-11,17H,5-8,12H2,1-4H3. The number of aryl methyl sites for hydroxylation is 1. The molecule has 1 N–H and O–H groups in total. The zero-order valence-electron chi connectivity index (χ0n) is 11.7. The molecule has 1 aromatic rings. The van der Waals surface area contributed by atoms with Crippen molar-refractivity contribution in [2.75, 3.05) is 0 Å². The van der Waals surface area contributed by atoms with E-state index < -0.39 is 0 Å². The molecular formula is C16H26O. The van der Waals surface area contributed by atoms with Crippen LogP contribution in [0.4, 0.5) is 0 Å². The second-order valence-corrected chi connectivity index (χ2v) is 5.51. The smallest absolute Gasteiger partial charge is 0.122 e. The van der Waals surface area contributed by atoms with Crippen LogP contribution in [0, 0.1) is 0 Å². The van der Waals surface area contributed by atoms with Crippen LogP contribution in [0.25, 0.3) is 0 Å². The minimum Gasteiger partial charge on any atom is -0.507 e. The van der Waals surface area contributed by atoms with E-state index in [0.29, 0.717) is 5.75 Å². The first-order valence-electron chi connectivity index (χ1n) is 6.84. The fourth-order valence-electron chi connectivity index (χ4n) is 2.37. The normalized spacial score (nSPS) is 11.8. The van der Waals surface area contributed by atoms with Gasteiger partial charge in [0.1, 0.15) is 5.75 Å². The van der Waals surface area contributed by atoms with Crippen LogP contribution in [0.15, 0.2) is 18.2 Å². The molecule has 0 unspecified atom stereocenters. The third-order valence-electron chi connectivity index (χ3n) is 3.63. The average molecular weight is 234 g/mol. The maximum absolute atomic E-state index is 10.3. The highest BCUT2D eigenvalue weighted by molar-refractivity contribution is 5.44. The van der Waals surface area contributed by atoms with E-state index in [2.05, 4.69) is 39.8 Å². The number of rotatable bonds is 6. The molecule has 0 saturated carbocycles. The lowest BCUT2D eigenvalue weighted by Crippen LogP contribution is -2.17. The highest BCUT2D eigenvalue weighted by Gasteiger charge is 2.24. The topological polar surface area (TPSA) is 20.2 Å². The SMILES string of the molecule is CCCCCC(C)(C)c1cccc(CC)c1O. The number of unbranched alkanes of at least 4 members (excludes halogenated alkanes) is 2. The van der Waals surface area contributed by atoms with Crippen molar-refractivity contribution in [2.24, 2.45) is 0 Å². The number of benzene rings is 1. The third-order valence-corrected chi connectivity index (χ3v) is 3.63. The Morgan fingerprint density at radius 1 is 1.12 bits per heavy atom. The van der Waals surface area contributed by atoms with Gasteiger partial charge in [-0.2, -0.15) is 0 Å². The van der Waals surface area contributed by atoms with Gasteiger partial charge in [0.15, 0.2) is 0 Å². The molecule has 1 aromatic carbocycles. The first-order valence-corrected chi connectivity index (χ1v) is 6.84. The second-order valence-electron chi connectivity index (χ2n) is 5.51. The molecule has 0 saturated heterocycles. The van der Waals surface area contributed by atoms with Crippen LogP contribution in [-0.2, 0) is 11.8 Å². The van der Waals surface area contributed by atoms with Crippen LogP contribution < -0.4 is 0 Å². The average Bonchev–Trinajstić information content (AvgIpc) is 2.29. The Balaban J connectivity index is 2.89. The molecule has 0 aliphatic carbocycles. The van der Waals surface area contributed by atoms with E-state index in [1.165, 1.54) is 19.3 Å². The highest BCUT2D eigenvalue weighted by Crippen LogP contribution is 2.37. The molecule has 0 bridgehead atoms. The summed E-state index contributed by atoms with van der Waals surface area (Å²) in [6, 6.07) is 6.15. The van der Waals surface area contributed by atoms with Crippen LogP contribution in [0.5, 0.6) is 5.75 Å². The molecule has 0 aliphatic rings. The van der Waals surface area contributed by atoms with Crippen molar-refractivity contribution in [3.63, 3.8) is 0 Å². The summed E-state index contributed by atoms with van der Waals surface area (Å²) in [7, 11) is 0. The van der Waals surface area contributed by atoms with Crippen molar-refractivity contribution >= 4 is 0 Å². The van der Waals surface area contributed by atoms with Crippen LogP contribution in [-0.4, -0.2) is 5.11 Å². The Morgan fingerprint density at radius 3 is 2.41 bits per heavy atom. The van der Waals surface area contributed by atoms with Crippen LogP contribution in [0.1, 0.15) is 64.5 Å². The molecule has 0 radical (unpaired) electrons. The second kappa shape index (κ2) is 6.09. The van der Waals surface area contributed by atoms with Crippen molar-refractivity contribution < 1.29 is 5.11 Å². The molecule has 0 amide bonds. The van der Waals surface area contributed by atoms with Gasteiger partial charge in [-0.15, -0.1) is 0 Å². The summed E-state index contributed by atoms with van der Waals surface area (Å²) in [5.74, 6) is 0.511. The Hall–Kier alpha value is -0.980. The van der Waals surface area contributed by atoms with Gasteiger partial charge >= 0.3 is 0 Å². The number of hydrogen-bond acceptors (Lipinski definition) is 1. The van der Waals surface area contributed by atoms with E-state index in [-0.39, 0.29) is 5.41 Å². The third kappa shape index (κ3) is 3.49. The van der Waals surface area contributed by atoms with Gasteiger partial charge in [-0.1, -0.05) is 65.2 Å². The van der Waals surface area contributed by atoms with Crippen LogP contribution in [0.2, 0.25) is 0 Å². The lowest BCUT2D eigenvalue weighted by Gasteiger charge is -2.27. The summed E-state index contributed by atoms with van der Waals surface area (Å²) < 4.78 is 0. The lowest BCUT2D eigenvalue weighted by atomic mass is 9.78. The molecule has 0 fully saturated rings. The predicted octanol–water partition coefficient (Wildman–Crippen LogP) is 4.81. The van der Waals surface area contributed by atoms with Crippen molar-refractivity contribution in [2.45, 2.75) is 65.2 Å². The number of phenolic OH excluding ortho intramolecular Hbond substituents is 1. The fourth-order valence-corrected chi connectivity index (χ4v) is 2.37. The number of para-hydroxylation sites is 1. The molecule has 0 spiro atoms. The maximum Gasteiger partial charge on any atom is 0.122 e. The van der Waals surface area contributed by atoms with Gasteiger partial charge in [0.25, 0.3) is 0 Å². The molecule has 1 nitrogen and oxygen atoms in total. The number of aromatic hydroxyl groups is 1. The molecule has 17 heavy (non-hydrogen) atoms. The quantitative estimate of drug-likeness (QED) is 0.700. The van der Waals surface area contributed by atoms with Crippen molar-refractivity contribution in [1.29, 1.82) is 0 Å². The summed E-state index contributed by atoms with van der Waals surface area (Å²) in [6.45, 7) is 8.78. The van der Waals surface area contributed by atoms with E-state index in [1.54, 1.807) is 0 Å². The van der Waals surface area contributed by atoms with Gasteiger partial charge in [-0.25, -0.2) is 0 Å². The fraction of sp³-hybridized carbons (Fsp3) is 0.625. The highest BCUT2D eigenvalue weighted by atomic mass is 16.3. The Kier molecular flexibility index (Phi) is 5.04. The zero-order chi connectivity index (χ0) is 12.9. The van der Waals surface area contributed by atoms with Gasteiger partial charge in [0, 0.05) is 0 Å². The summed E-state index contributed by atoms with van der Waals surface area (Å²) in [5, 5.41) is 10.3. The largest absolute Gasteiger partial charge is 0.507 e. The Morgan fingerprint density at radius 2 is 1.82 bits per heavy atom. The van der Waals surface area contributed by atoms with Crippen molar-refractivity contribution in [1.82, 2.24) is 0 Å². The molecule has 1 heteroatoms. The summed E-state index contributed by atoms with van der Waals surface area (Å²) >= 11 is 0. The zero-order valence-corrected chi connectivity index (χ0v) is 11.7. The predicted molar refractivity (Wildman–Crippen MR) is 74.7 cm³/mol. The number of hydrogen-bond donors (Lipinski definition) is 1. The monoisotopic (exact) mass is 234 g/mol. The molecule has 96 valence electrons. The summed E-state index contributed by atoms with van der Waals surface area (Å²) in [4.78, 5) is 0. The number of phenols is 1. The molecule has 0 aromatic heterocycles. The minimum atomic E-state index is 0.0738. The molecule has 0 atom stereocenters. The van der Waals surface area contributed by atoms with Crippen molar-refractivity contribution in [3.8, 4) is 5.75 Å². The maximum atomic E-state index is 10.3. The molecule has 1 rings (SSSR count). The van der Waals surface area contributed by atoms with Crippen molar-refractivity contribution in [3.05, 3.63) is 29.3 Å². The minimum absolute atomic E-state index is 0.0738. The van der Waals surface area contributed by atoms with E-state index in [4.69, 9.17) is 0 Å². The lowest BCUT2D eigenvalue weighted by molar-refractivity contribution is 0.405. The van der Waals surface area contributed by atoms with Gasteiger partial charge in [-0.3, -0.25) is 0 Å². The molecule has 0 heterocycles. The Labute approximate surface area is 106 Å². The van der Waals surface area contributed by atoms with Gasteiger partial charge in [-0.05, 0) is 29.4 Å². The van der Waals surface area contributed by atoms with E-state index in [0.717, 1.165) is 24.0 Å². The Bertz CT molecular complexity index is 353. The summed E-state index contributed by atoms with van der Waals surface area (Å²) in [5.41, 5.74) is 2.24. The first-order chi connectivity index (χ1) is 8.03. The van der Waals surface area contributed by atoms with Crippen LogP contribution >= 0.6 is 0 Å². The van der Waals surface area contributed by atoms with Gasteiger partial charge in [0.05, 0.1) is 0 Å². The van der Waals surface area contributed by atoms with E-state index >= 15 is 0 Å². The van der Waals surface area contributed by atoms with E-state index in [9.17, 15) is 5.11 Å². The first kappa shape index (κ1) is 14.1. The van der Waals surface area contributed by atoms with Gasteiger partial charge < -0.3 is 5.11 Å². The molecular weight excluding hydrogens is 208 g/mol.